The van der Waals surface area contributed by atoms with E-state index in [1.807, 2.05) is 6.07 Å². The molecule has 0 saturated carbocycles. The summed E-state index contributed by atoms with van der Waals surface area (Å²) in [5.74, 6) is 1.31. The van der Waals surface area contributed by atoms with Crippen LogP contribution in [-0.4, -0.2) is 16.5 Å². The number of nitrogens with zero attached hydrogens (tertiary/aromatic N) is 2. The molecule has 0 aliphatic heterocycles. The molecule has 5 heteroatoms. The first kappa shape index (κ1) is 16.1. The first-order valence-corrected chi connectivity index (χ1v) is 8.26. The summed E-state index contributed by atoms with van der Waals surface area (Å²) in [6.45, 7) is 5.05. The van der Waals surface area contributed by atoms with Gasteiger partial charge in [-0.1, -0.05) is 32.0 Å². The van der Waals surface area contributed by atoms with Gasteiger partial charge in [0.25, 0.3) is 0 Å². The molecule has 1 heterocycles. The third kappa shape index (κ3) is 4.12. The summed E-state index contributed by atoms with van der Waals surface area (Å²) in [7, 11) is 0. The van der Waals surface area contributed by atoms with Gasteiger partial charge in [-0.2, -0.15) is 0 Å². The largest absolute Gasteiger partial charge is 0.369 e. The zero-order valence-corrected chi connectivity index (χ0v) is 14.4. The van der Waals surface area contributed by atoms with Gasteiger partial charge in [0.15, 0.2) is 0 Å². The predicted molar refractivity (Wildman–Crippen MR) is 92.1 cm³/mol. The number of anilines is 1. The molecule has 0 atom stereocenters. The second-order valence-corrected chi connectivity index (χ2v) is 5.88. The van der Waals surface area contributed by atoms with Crippen LogP contribution in [0.1, 0.15) is 37.4 Å². The van der Waals surface area contributed by atoms with Crippen molar-refractivity contribution in [1.82, 2.24) is 9.97 Å². The van der Waals surface area contributed by atoms with E-state index in [0.29, 0.717) is 17.8 Å². The lowest BCUT2D eigenvalue weighted by molar-refractivity contribution is 0.612. The highest BCUT2D eigenvalue weighted by Crippen LogP contribution is 2.21. The Morgan fingerprint density at radius 3 is 2.62 bits per heavy atom. The Kier molecular flexibility index (Phi) is 5.90. The summed E-state index contributed by atoms with van der Waals surface area (Å²) < 4.78 is 14.8. The average Bonchev–Trinajstić information content (AvgIpc) is 2.49. The summed E-state index contributed by atoms with van der Waals surface area (Å²) in [5.41, 5.74) is 1.64. The quantitative estimate of drug-likeness (QED) is 0.741. The van der Waals surface area contributed by atoms with E-state index in [9.17, 15) is 4.39 Å². The van der Waals surface area contributed by atoms with E-state index >= 15 is 0 Å². The Hall–Kier alpha value is -1.24. The number of halogens is 2. The van der Waals surface area contributed by atoms with Crippen molar-refractivity contribution in [2.45, 2.75) is 33.1 Å². The molecule has 112 valence electrons. The van der Waals surface area contributed by atoms with Crippen LogP contribution in [0.15, 0.2) is 24.3 Å². The van der Waals surface area contributed by atoms with Crippen molar-refractivity contribution in [3.05, 3.63) is 50.7 Å². The molecule has 0 aliphatic rings. The molecule has 0 fully saturated rings. The molecule has 0 aliphatic carbocycles. The van der Waals surface area contributed by atoms with Crippen molar-refractivity contribution in [3.8, 4) is 0 Å². The molecule has 2 aromatic rings. The standard InChI is InChI=1S/C16H19FIN3/c1-3-9-19-16-15(18)13(4-2)20-14(21-16)10-11-7-5-6-8-12(11)17/h5-8H,3-4,9-10H2,1-2H3,(H,19,20,21). The maximum Gasteiger partial charge on any atom is 0.143 e. The number of aromatic nitrogens is 2. The molecular weight excluding hydrogens is 380 g/mol. The summed E-state index contributed by atoms with van der Waals surface area (Å²) in [4.78, 5) is 9.13. The molecule has 0 radical (unpaired) electrons. The Morgan fingerprint density at radius 1 is 1.19 bits per heavy atom. The van der Waals surface area contributed by atoms with Crippen LogP contribution in [0.3, 0.4) is 0 Å². The highest BCUT2D eigenvalue weighted by atomic mass is 127. The van der Waals surface area contributed by atoms with E-state index in [4.69, 9.17) is 0 Å². The van der Waals surface area contributed by atoms with Crippen molar-refractivity contribution in [2.75, 3.05) is 11.9 Å². The van der Waals surface area contributed by atoms with Gasteiger partial charge in [-0.25, -0.2) is 14.4 Å². The minimum Gasteiger partial charge on any atom is -0.369 e. The van der Waals surface area contributed by atoms with E-state index in [1.54, 1.807) is 12.1 Å². The van der Waals surface area contributed by atoms with Crippen LogP contribution in [0.25, 0.3) is 0 Å². The maximum absolute atomic E-state index is 13.8. The summed E-state index contributed by atoms with van der Waals surface area (Å²) in [6.07, 6.45) is 2.29. The highest BCUT2D eigenvalue weighted by Gasteiger charge is 2.12. The highest BCUT2D eigenvalue weighted by molar-refractivity contribution is 14.1. The lowest BCUT2D eigenvalue weighted by Crippen LogP contribution is -2.11. The first-order valence-electron chi connectivity index (χ1n) is 7.18. The van der Waals surface area contributed by atoms with Crippen molar-refractivity contribution in [3.63, 3.8) is 0 Å². The predicted octanol–water partition coefficient (Wildman–Crippen LogP) is 4.20. The molecule has 1 aromatic heterocycles. The van der Waals surface area contributed by atoms with Crippen molar-refractivity contribution in [1.29, 1.82) is 0 Å². The van der Waals surface area contributed by atoms with Gasteiger partial charge in [-0.15, -0.1) is 0 Å². The average molecular weight is 399 g/mol. The fourth-order valence-corrected chi connectivity index (χ4v) is 2.84. The minimum absolute atomic E-state index is 0.208. The number of benzene rings is 1. The van der Waals surface area contributed by atoms with Crippen LogP contribution in [0.4, 0.5) is 10.2 Å². The summed E-state index contributed by atoms with van der Waals surface area (Å²) >= 11 is 2.27. The number of nitrogens with one attached hydrogen (secondary N) is 1. The van der Waals surface area contributed by atoms with Crippen LogP contribution >= 0.6 is 22.6 Å². The maximum atomic E-state index is 13.8. The van der Waals surface area contributed by atoms with Gasteiger partial charge in [-0.3, -0.25) is 0 Å². The topological polar surface area (TPSA) is 37.8 Å². The third-order valence-electron chi connectivity index (χ3n) is 3.15. The van der Waals surface area contributed by atoms with Crippen molar-refractivity contribution < 1.29 is 4.39 Å². The Balaban J connectivity index is 2.33. The van der Waals surface area contributed by atoms with Crippen LogP contribution in [-0.2, 0) is 12.8 Å². The van der Waals surface area contributed by atoms with E-state index in [2.05, 4.69) is 51.7 Å². The van der Waals surface area contributed by atoms with Crippen molar-refractivity contribution in [2.24, 2.45) is 0 Å². The van der Waals surface area contributed by atoms with Gasteiger partial charge in [0.05, 0.1) is 9.26 Å². The smallest absolute Gasteiger partial charge is 0.143 e. The zero-order chi connectivity index (χ0) is 15.2. The van der Waals surface area contributed by atoms with E-state index in [0.717, 1.165) is 34.5 Å². The number of rotatable bonds is 6. The minimum atomic E-state index is -0.208. The van der Waals surface area contributed by atoms with Gasteiger partial charge >= 0.3 is 0 Å². The van der Waals surface area contributed by atoms with Crippen LogP contribution in [0, 0.1) is 9.39 Å². The lowest BCUT2D eigenvalue weighted by atomic mass is 10.1. The van der Waals surface area contributed by atoms with Gasteiger partial charge < -0.3 is 5.32 Å². The number of hydrogen-bond acceptors (Lipinski definition) is 3. The summed E-state index contributed by atoms with van der Waals surface area (Å²) in [5, 5.41) is 3.33. The van der Waals surface area contributed by atoms with Crippen molar-refractivity contribution >= 4 is 28.4 Å². The molecule has 1 N–H and O–H groups in total. The van der Waals surface area contributed by atoms with Gasteiger partial charge in [-0.05, 0) is 47.1 Å². The normalized spacial score (nSPS) is 10.7. The van der Waals surface area contributed by atoms with E-state index < -0.39 is 0 Å². The molecule has 0 amide bonds. The fraction of sp³-hybridized carbons (Fsp3) is 0.375. The molecule has 2 rings (SSSR count). The summed E-state index contributed by atoms with van der Waals surface area (Å²) in [6, 6.07) is 6.78. The van der Waals surface area contributed by atoms with Crippen LogP contribution < -0.4 is 5.32 Å². The Bertz CT molecular complexity index is 616. The van der Waals surface area contributed by atoms with Crippen LogP contribution in [0.2, 0.25) is 0 Å². The molecule has 3 nitrogen and oxygen atoms in total. The lowest BCUT2D eigenvalue weighted by Gasteiger charge is -2.12. The Morgan fingerprint density at radius 2 is 1.95 bits per heavy atom. The number of hydrogen-bond donors (Lipinski definition) is 1. The SMILES string of the molecule is CCCNc1nc(Cc2ccccc2F)nc(CC)c1I. The molecule has 0 bridgehead atoms. The Labute approximate surface area is 138 Å². The molecular formula is C16H19FIN3. The molecule has 21 heavy (non-hydrogen) atoms. The van der Waals surface area contributed by atoms with E-state index in [-0.39, 0.29) is 5.82 Å². The molecule has 0 spiro atoms. The molecule has 0 saturated heterocycles. The second kappa shape index (κ2) is 7.68. The number of aryl methyl sites for hydroxylation is 1. The molecule has 0 unspecified atom stereocenters. The van der Waals surface area contributed by atoms with Crippen LogP contribution in [0.5, 0.6) is 0 Å². The van der Waals surface area contributed by atoms with Gasteiger partial charge in [0, 0.05) is 13.0 Å². The monoisotopic (exact) mass is 399 g/mol. The van der Waals surface area contributed by atoms with E-state index in [1.165, 1.54) is 6.07 Å². The second-order valence-electron chi connectivity index (χ2n) is 4.80. The fourth-order valence-electron chi connectivity index (χ4n) is 2.03. The molecule has 1 aromatic carbocycles. The first-order chi connectivity index (χ1) is 10.2. The van der Waals surface area contributed by atoms with Gasteiger partial charge in [0.2, 0.25) is 0 Å². The third-order valence-corrected chi connectivity index (χ3v) is 4.28. The zero-order valence-electron chi connectivity index (χ0n) is 12.3. The van der Waals surface area contributed by atoms with Gasteiger partial charge in [0.1, 0.15) is 17.5 Å².